The molecule has 1 N–H and O–H groups in total. The fourth-order valence-corrected chi connectivity index (χ4v) is 5.63. The summed E-state index contributed by atoms with van der Waals surface area (Å²) >= 11 is 1.42. The van der Waals surface area contributed by atoms with E-state index < -0.39 is 10.0 Å². The summed E-state index contributed by atoms with van der Waals surface area (Å²) in [6.45, 7) is 5.48. The molecule has 4 rings (SSSR count). The molecule has 1 aliphatic heterocycles. The number of amides is 1. The predicted octanol–water partition coefficient (Wildman–Crippen LogP) is 3.19. The number of morpholine rings is 1. The Morgan fingerprint density at radius 1 is 1.14 bits per heavy atom. The quantitative estimate of drug-likeness (QED) is 0.685. The minimum atomic E-state index is -3.58. The zero-order chi connectivity index (χ0) is 20.6. The van der Waals surface area contributed by atoms with Gasteiger partial charge in [0.2, 0.25) is 10.0 Å². The molecule has 0 atom stereocenters. The van der Waals surface area contributed by atoms with Crippen LogP contribution in [0, 0.1) is 13.8 Å². The van der Waals surface area contributed by atoms with Gasteiger partial charge in [-0.05, 0) is 55.3 Å². The van der Waals surface area contributed by atoms with Crippen LogP contribution in [0.2, 0.25) is 0 Å². The molecule has 0 aliphatic carbocycles. The molecule has 1 aliphatic rings. The van der Waals surface area contributed by atoms with Gasteiger partial charge in [0.05, 0.1) is 28.3 Å². The second kappa shape index (κ2) is 7.83. The Bertz CT molecular complexity index is 1160. The van der Waals surface area contributed by atoms with Crippen molar-refractivity contribution < 1.29 is 17.9 Å². The number of rotatable bonds is 4. The van der Waals surface area contributed by atoms with Gasteiger partial charge in [0, 0.05) is 18.7 Å². The molecule has 3 aromatic rings. The molecule has 1 fully saturated rings. The van der Waals surface area contributed by atoms with Gasteiger partial charge in [-0.25, -0.2) is 13.4 Å². The second-order valence-corrected chi connectivity index (χ2v) is 9.88. The number of carbonyl (C=O) groups excluding carboxylic acids is 1. The summed E-state index contributed by atoms with van der Waals surface area (Å²) < 4.78 is 33.0. The first kappa shape index (κ1) is 20.0. The third-order valence-corrected chi connectivity index (χ3v) is 7.80. The van der Waals surface area contributed by atoms with Gasteiger partial charge in [0.15, 0.2) is 5.13 Å². The van der Waals surface area contributed by atoms with E-state index in [1.807, 2.05) is 19.9 Å². The zero-order valence-corrected chi connectivity index (χ0v) is 17.8. The van der Waals surface area contributed by atoms with Crippen molar-refractivity contribution in [1.29, 1.82) is 0 Å². The normalized spacial score (nSPS) is 15.5. The highest BCUT2D eigenvalue weighted by atomic mass is 32.2. The number of anilines is 1. The number of nitrogens with one attached hydrogen (secondary N) is 1. The average Bonchev–Trinajstić information content (AvgIpc) is 3.11. The van der Waals surface area contributed by atoms with Crippen LogP contribution in [-0.4, -0.2) is 49.9 Å². The topological polar surface area (TPSA) is 88.6 Å². The predicted molar refractivity (Wildman–Crippen MR) is 113 cm³/mol. The lowest BCUT2D eigenvalue weighted by Crippen LogP contribution is -2.40. The molecule has 0 radical (unpaired) electrons. The first-order valence-corrected chi connectivity index (χ1v) is 11.5. The van der Waals surface area contributed by atoms with Crippen molar-refractivity contribution in [3.05, 3.63) is 53.1 Å². The van der Waals surface area contributed by atoms with Crippen molar-refractivity contribution in [3.8, 4) is 0 Å². The Morgan fingerprint density at radius 2 is 1.83 bits per heavy atom. The van der Waals surface area contributed by atoms with Gasteiger partial charge in [-0.2, -0.15) is 4.31 Å². The molecule has 0 spiro atoms. The maximum atomic E-state index is 12.7. The minimum absolute atomic E-state index is 0.169. The summed E-state index contributed by atoms with van der Waals surface area (Å²) in [5.74, 6) is -0.325. The molecule has 0 bridgehead atoms. The van der Waals surface area contributed by atoms with E-state index >= 15 is 0 Å². The number of carbonyl (C=O) groups is 1. The number of fused-ring (bicyclic) bond motifs is 1. The van der Waals surface area contributed by atoms with Crippen LogP contribution < -0.4 is 5.32 Å². The van der Waals surface area contributed by atoms with Crippen LogP contribution in [-0.2, 0) is 14.8 Å². The fraction of sp³-hybridized carbons (Fsp3) is 0.300. The van der Waals surface area contributed by atoms with Crippen LogP contribution in [0.1, 0.15) is 21.5 Å². The lowest BCUT2D eigenvalue weighted by atomic mass is 10.1. The molecule has 29 heavy (non-hydrogen) atoms. The van der Waals surface area contributed by atoms with Crippen LogP contribution in [0.5, 0.6) is 0 Å². The van der Waals surface area contributed by atoms with Crippen LogP contribution in [0.4, 0.5) is 5.13 Å². The van der Waals surface area contributed by atoms with E-state index in [1.165, 1.54) is 39.9 Å². The standard InChI is InChI=1S/C20H21N3O4S2/c1-13-11-14(2)18-17(12-13)21-20(28-18)22-19(24)15-3-5-16(6-4-15)29(25,26)23-7-9-27-10-8-23/h3-6,11-12H,7-10H2,1-2H3,(H,21,22,24). The molecule has 1 saturated heterocycles. The zero-order valence-electron chi connectivity index (χ0n) is 16.1. The van der Waals surface area contributed by atoms with Crippen LogP contribution in [0.25, 0.3) is 10.2 Å². The molecular formula is C20H21N3O4S2. The minimum Gasteiger partial charge on any atom is -0.379 e. The van der Waals surface area contributed by atoms with Gasteiger partial charge < -0.3 is 4.74 Å². The number of aromatic nitrogens is 1. The van der Waals surface area contributed by atoms with Gasteiger partial charge >= 0.3 is 0 Å². The highest BCUT2D eigenvalue weighted by molar-refractivity contribution is 7.89. The van der Waals surface area contributed by atoms with Crippen LogP contribution >= 0.6 is 11.3 Å². The molecule has 7 nitrogen and oxygen atoms in total. The van der Waals surface area contributed by atoms with E-state index in [4.69, 9.17) is 4.74 Å². The fourth-order valence-electron chi connectivity index (χ4n) is 3.31. The van der Waals surface area contributed by atoms with E-state index in [0.717, 1.165) is 21.3 Å². The summed E-state index contributed by atoms with van der Waals surface area (Å²) in [5, 5.41) is 3.33. The Morgan fingerprint density at radius 3 is 2.52 bits per heavy atom. The first-order chi connectivity index (χ1) is 13.8. The van der Waals surface area contributed by atoms with Crippen LogP contribution in [0.3, 0.4) is 0 Å². The Labute approximate surface area is 173 Å². The van der Waals surface area contributed by atoms with Crippen molar-refractivity contribution in [2.24, 2.45) is 0 Å². The monoisotopic (exact) mass is 431 g/mol. The van der Waals surface area contributed by atoms with Crippen molar-refractivity contribution in [2.75, 3.05) is 31.6 Å². The molecule has 0 saturated carbocycles. The van der Waals surface area contributed by atoms with Gasteiger partial charge in [0.25, 0.3) is 5.91 Å². The molecule has 152 valence electrons. The number of ether oxygens (including phenoxy) is 1. The van der Waals surface area contributed by atoms with E-state index in [1.54, 1.807) is 0 Å². The Balaban J connectivity index is 1.52. The highest BCUT2D eigenvalue weighted by Crippen LogP contribution is 2.30. The van der Waals surface area contributed by atoms with E-state index in [9.17, 15) is 13.2 Å². The third-order valence-electron chi connectivity index (χ3n) is 4.76. The van der Waals surface area contributed by atoms with E-state index in [-0.39, 0.29) is 10.8 Å². The van der Waals surface area contributed by atoms with Gasteiger partial charge in [0.1, 0.15) is 0 Å². The average molecular weight is 432 g/mol. The van der Waals surface area contributed by atoms with Gasteiger partial charge in [-0.1, -0.05) is 17.4 Å². The lowest BCUT2D eigenvalue weighted by molar-refractivity contribution is 0.0730. The summed E-state index contributed by atoms with van der Waals surface area (Å²) in [7, 11) is -3.58. The molecular weight excluding hydrogens is 410 g/mol. The maximum Gasteiger partial charge on any atom is 0.257 e. The Kier molecular flexibility index (Phi) is 5.39. The largest absolute Gasteiger partial charge is 0.379 e. The molecule has 1 aromatic heterocycles. The van der Waals surface area contributed by atoms with E-state index in [0.29, 0.717) is 37.0 Å². The van der Waals surface area contributed by atoms with Gasteiger partial charge in [-0.3, -0.25) is 10.1 Å². The maximum absolute atomic E-state index is 12.7. The highest BCUT2D eigenvalue weighted by Gasteiger charge is 2.26. The summed E-state index contributed by atoms with van der Waals surface area (Å²) in [6.07, 6.45) is 0. The number of sulfonamides is 1. The van der Waals surface area contributed by atoms with Gasteiger partial charge in [-0.15, -0.1) is 0 Å². The summed E-state index contributed by atoms with van der Waals surface area (Å²) in [4.78, 5) is 17.2. The van der Waals surface area contributed by atoms with Crippen molar-refractivity contribution >= 4 is 42.6 Å². The molecule has 9 heteroatoms. The number of hydrogen-bond donors (Lipinski definition) is 1. The van der Waals surface area contributed by atoms with Crippen molar-refractivity contribution in [1.82, 2.24) is 9.29 Å². The molecule has 2 aromatic carbocycles. The number of aryl methyl sites for hydroxylation is 2. The number of nitrogens with zero attached hydrogens (tertiary/aromatic N) is 2. The van der Waals surface area contributed by atoms with Crippen molar-refractivity contribution in [3.63, 3.8) is 0 Å². The lowest BCUT2D eigenvalue weighted by Gasteiger charge is -2.26. The number of benzene rings is 2. The molecule has 2 heterocycles. The second-order valence-electron chi connectivity index (χ2n) is 6.94. The number of hydrogen-bond acceptors (Lipinski definition) is 6. The number of thiazole rings is 1. The SMILES string of the molecule is Cc1cc(C)c2sc(NC(=O)c3ccc(S(=O)(=O)N4CCOCC4)cc3)nc2c1. The summed E-state index contributed by atoms with van der Waals surface area (Å²) in [6, 6.07) is 10.0. The smallest absolute Gasteiger partial charge is 0.257 e. The first-order valence-electron chi connectivity index (χ1n) is 9.22. The molecule has 0 unspecified atom stereocenters. The Hall–Kier alpha value is -2.33. The molecule has 1 amide bonds. The third kappa shape index (κ3) is 4.04. The summed E-state index contributed by atoms with van der Waals surface area (Å²) in [5.41, 5.74) is 3.47. The van der Waals surface area contributed by atoms with Crippen LogP contribution in [0.15, 0.2) is 41.3 Å². The van der Waals surface area contributed by atoms with Crippen molar-refractivity contribution in [2.45, 2.75) is 18.7 Å². The van der Waals surface area contributed by atoms with E-state index in [2.05, 4.69) is 16.4 Å².